The molecule has 1 heterocycles. The average Bonchev–Trinajstić information content (AvgIpc) is 3.19. The van der Waals surface area contributed by atoms with Gasteiger partial charge < -0.3 is 10.0 Å². The lowest BCUT2D eigenvalue weighted by Gasteiger charge is -2.19. The Kier molecular flexibility index (Phi) is 4.99. The predicted molar refractivity (Wildman–Crippen MR) is 88.4 cm³/mol. The molecule has 1 N–H and O–H groups in total. The Balaban J connectivity index is 1.49. The van der Waals surface area contributed by atoms with Crippen molar-refractivity contribution in [3.63, 3.8) is 0 Å². The SMILES string of the molecule is O=C(O)c1ccc(CC2CCN(C(=O)CC3CCCC3)C2)cc1. The number of benzene rings is 1. The van der Waals surface area contributed by atoms with E-state index in [0.29, 0.717) is 23.3 Å². The standard InChI is InChI=1S/C19H25NO3/c21-18(12-14-3-1-2-4-14)20-10-9-16(13-20)11-15-5-7-17(8-6-15)19(22)23/h5-8,14,16H,1-4,9-13H2,(H,22,23). The maximum absolute atomic E-state index is 12.4. The normalized spacial score (nSPS) is 21.7. The number of carboxylic acids is 1. The van der Waals surface area contributed by atoms with Crippen LogP contribution < -0.4 is 0 Å². The highest BCUT2D eigenvalue weighted by Crippen LogP contribution is 2.29. The number of aromatic carboxylic acids is 1. The van der Waals surface area contributed by atoms with Gasteiger partial charge in [0.1, 0.15) is 0 Å². The maximum Gasteiger partial charge on any atom is 0.335 e. The van der Waals surface area contributed by atoms with Crippen LogP contribution in [0.15, 0.2) is 24.3 Å². The second-order valence-corrected chi connectivity index (χ2v) is 7.06. The fourth-order valence-corrected chi connectivity index (χ4v) is 3.93. The third-order valence-corrected chi connectivity index (χ3v) is 5.30. The quantitative estimate of drug-likeness (QED) is 0.906. The number of carbonyl (C=O) groups is 2. The highest BCUT2D eigenvalue weighted by Gasteiger charge is 2.28. The first-order chi connectivity index (χ1) is 11.1. The molecule has 1 aliphatic heterocycles. The van der Waals surface area contributed by atoms with Crippen molar-refractivity contribution in [1.82, 2.24) is 4.90 Å². The first kappa shape index (κ1) is 16.0. The molecule has 3 rings (SSSR count). The van der Waals surface area contributed by atoms with Crippen LogP contribution in [0.3, 0.4) is 0 Å². The smallest absolute Gasteiger partial charge is 0.335 e. The predicted octanol–water partition coefficient (Wildman–Crippen LogP) is 3.36. The molecule has 1 saturated heterocycles. The molecule has 1 aromatic carbocycles. The van der Waals surface area contributed by atoms with E-state index in [1.54, 1.807) is 12.1 Å². The van der Waals surface area contributed by atoms with Gasteiger partial charge in [0.2, 0.25) is 5.91 Å². The minimum atomic E-state index is -0.888. The van der Waals surface area contributed by atoms with Crippen LogP contribution in [-0.4, -0.2) is 35.0 Å². The van der Waals surface area contributed by atoms with Gasteiger partial charge in [0, 0.05) is 19.5 Å². The Labute approximate surface area is 137 Å². The van der Waals surface area contributed by atoms with Crippen molar-refractivity contribution in [2.75, 3.05) is 13.1 Å². The van der Waals surface area contributed by atoms with Crippen molar-refractivity contribution in [3.05, 3.63) is 35.4 Å². The molecular weight excluding hydrogens is 290 g/mol. The molecule has 0 bridgehead atoms. The van der Waals surface area contributed by atoms with E-state index >= 15 is 0 Å². The number of nitrogens with zero attached hydrogens (tertiary/aromatic N) is 1. The van der Waals surface area contributed by atoms with Crippen molar-refractivity contribution < 1.29 is 14.7 Å². The van der Waals surface area contributed by atoms with Gasteiger partial charge in [-0.15, -0.1) is 0 Å². The van der Waals surface area contributed by atoms with Gasteiger partial charge in [-0.2, -0.15) is 0 Å². The summed E-state index contributed by atoms with van der Waals surface area (Å²) < 4.78 is 0. The fraction of sp³-hybridized carbons (Fsp3) is 0.579. The molecule has 0 aromatic heterocycles. The van der Waals surface area contributed by atoms with Crippen LogP contribution in [0, 0.1) is 11.8 Å². The monoisotopic (exact) mass is 315 g/mol. The van der Waals surface area contributed by atoms with Crippen LogP contribution >= 0.6 is 0 Å². The van der Waals surface area contributed by atoms with Crippen LogP contribution in [0.4, 0.5) is 0 Å². The molecule has 1 unspecified atom stereocenters. The average molecular weight is 315 g/mol. The first-order valence-electron chi connectivity index (χ1n) is 8.72. The Bertz CT molecular complexity index is 560. The van der Waals surface area contributed by atoms with Gasteiger partial charge in [-0.3, -0.25) is 4.79 Å². The number of hydrogen-bond donors (Lipinski definition) is 1. The summed E-state index contributed by atoms with van der Waals surface area (Å²) in [7, 11) is 0. The van der Waals surface area contributed by atoms with Gasteiger partial charge in [-0.1, -0.05) is 25.0 Å². The van der Waals surface area contributed by atoms with Gasteiger partial charge >= 0.3 is 5.97 Å². The lowest BCUT2D eigenvalue weighted by Crippen LogP contribution is -2.30. The van der Waals surface area contributed by atoms with Gasteiger partial charge in [0.25, 0.3) is 0 Å². The van der Waals surface area contributed by atoms with E-state index < -0.39 is 5.97 Å². The van der Waals surface area contributed by atoms with E-state index in [2.05, 4.69) is 0 Å². The van der Waals surface area contributed by atoms with Crippen LogP contribution in [0.25, 0.3) is 0 Å². The highest BCUT2D eigenvalue weighted by atomic mass is 16.4. The molecule has 0 radical (unpaired) electrons. The summed E-state index contributed by atoms with van der Waals surface area (Å²) in [5.41, 5.74) is 1.48. The molecule has 1 atom stereocenters. The van der Waals surface area contributed by atoms with Crippen molar-refractivity contribution in [1.29, 1.82) is 0 Å². The van der Waals surface area contributed by atoms with E-state index in [0.717, 1.165) is 37.9 Å². The third kappa shape index (κ3) is 4.12. The second-order valence-electron chi connectivity index (χ2n) is 7.06. The van der Waals surface area contributed by atoms with Crippen LogP contribution in [0.2, 0.25) is 0 Å². The van der Waals surface area contributed by atoms with Crippen molar-refractivity contribution in [2.24, 2.45) is 11.8 Å². The first-order valence-corrected chi connectivity index (χ1v) is 8.72. The number of hydrogen-bond acceptors (Lipinski definition) is 2. The zero-order valence-electron chi connectivity index (χ0n) is 13.5. The Morgan fingerprint density at radius 2 is 1.74 bits per heavy atom. The van der Waals surface area contributed by atoms with E-state index in [-0.39, 0.29) is 0 Å². The van der Waals surface area contributed by atoms with Crippen LogP contribution in [0.1, 0.15) is 54.4 Å². The third-order valence-electron chi connectivity index (χ3n) is 5.30. The molecule has 1 amide bonds. The van der Waals surface area contributed by atoms with Crippen molar-refractivity contribution >= 4 is 11.9 Å². The summed E-state index contributed by atoms with van der Waals surface area (Å²) in [6.45, 7) is 1.73. The summed E-state index contributed by atoms with van der Waals surface area (Å²) in [6.07, 6.45) is 7.72. The second kappa shape index (κ2) is 7.16. The number of carboxylic acid groups (broad SMARTS) is 1. The van der Waals surface area contributed by atoms with Crippen molar-refractivity contribution in [2.45, 2.75) is 44.9 Å². The van der Waals surface area contributed by atoms with Gasteiger partial charge in [-0.05, 0) is 55.2 Å². The fourth-order valence-electron chi connectivity index (χ4n) is 3.93. The van der Waals surface area contributed by atoms with Crippen LogP contribution in [0.5, 0.6) is 0 Å². The number of carbonyl (C=O) groups excluding carboxylic acids is 1. The molecule has 2 aliphatic rings. The molecule has 1 aromatic rings. The largest absolute Gasteiger partial charge is 0.478 e. The molecular formula is C19H25NO3. The van der Waals surface area contributed by atoms with Gasteiger partial charge in [0.15, 0.2) is 0 Å². The molecule has 124 valence electrons. The molecule has 4 heteroatoms. The zero-order valence-corrected chi connectivity index (χ0v) is 13.5. The van der Waals surface area contributed by atoms with E-state index in [1.807, 2.05) is 17.0 Å². The Hall–Kier alpha value is -1.84. The summed E-state index contributed by atoms with van der Waals surface area (Å²) in [5.74, 6) is 0.560. The number of amides is 1. The summed E-state index contributed by atoms with van der Waals surface area (Å²) in [4.78, 5) is 25.3. The molecule has 0 spiro atoms. The molecule has 23 heavy (non-hydrogen) atoms. The highest BCUT2D eigenvalue weighted by molar-refractivity contribution is 5.87. The van der Waals surface area contributed by atoms with Gasteiger partial charge in [0.05, 0.1) is 5.56 Å². The van der Waals surface area contributed by atoms with E-state index in [4.69, 9.17) is 5.11 Å². The summed E-state index contributed by atoms with van der Waals surface area (Å²) in [6, 6.07) is 7.12. The van der Waals surface area contributed by atoms with Crippen LogP contribution in [-0.2, 0) is 11.2 Å². The topological polar surface area (TPSA) is 57.6 Å². The lowest BCUT2D eigenvalue weighted by atomic mass is 9.98. The zero-order chi connectivity index (χ0) is 16.2. The minimum absolute atomic E-state index is 0.327. The lowest BCUT2D eigenvalue weighted by molar-refractivity contribution is -0.131. The molecule has 1 saturated carbocycles. The maximum atomic E-state index is 12.4. The van der Waals surface area contributed by atoms with Gasteiger partial charge in [-0.25, -0.2) is 4.79 Å². The number of rotatable bonds is 5. The minimum Gasteiger partial charge on any atom is -0.478 e. The molecule has 1 aliphatic carbocycles. The Morgan fingerprint density at radius 1 is 1.04 bits per heavy atom. The molecule has 2 fully saturated rings. The van der Waals surface area contributed by atoms with E-state index in [9.17, 15) is 9.59 Å². The molecule has 4 nitrogen and oxygen atoms in total. The summed E-state index contributed by atoms with van der Waals surface area (Å²) in [5, 5.41) is 8.93. The number of likely N-dealkylation sites (tertiary alicyclic amines) is 1. The summed E-state index contributed by atoms with van der Waals surface area (Å²) >= 11 is 0. The van der Waals surface area contributed by atoms with Crippen molar-refractivity contribution in [3.8, 4) is 0 Å². The van der Waals surface area contributed by atoms with E-state index in [1.165, 1.54) is 25.7 Å². The Morgan fingerprint density at radius 3 is 2.39 bits per heavy atom.